The highest BCUT2D eigenvalue weighted by molar-refractivity contribution is 5.27. The quantitative estimate of drug-likeness (QED) is 0.836. The SMILES string of the molecule is COCCC(C)C(N)c1cc(C)ccc1F. The molecule has 0 aliphatic rings. The summed E-state index contributed by atoms with van der Waals surface area (Å²) in [4.78, 5) is 0. The lowest BCUT2D eigenvalue weighted by Crippen LogP contribution is -2.21. The van der Waals surface area contributed by atoms with Gasteiger partial charge < -0.3 is 10.5 Å². The van der Waals surface area contributed by atoms with Crippen molar-refractivity contribution in [1.82, 2.24) is 0 Å². The molecule has 0 radical (unpaired) electrons. The molecule has 0 spiro atoms. The molecule has 1 rings (SSSR count). The Morgan fingerprint density at radius 3 is 2.75 bits per heavy atom. The second-order valence-corrected chi connectivity index (χ2v) is 4.31. The second-order valence-electron chi connectivity index (χ2n) is 4.31. The van der Waals surface area contributed by atoms with Crippen LogP contribution in [0.2, 0.25) is 0 Å². The van der Waals surface area contributed by atoms with Crippen molar-refractivity contribution in [3.05, 3.63) is 35.1 Å². The van der Waals surface area contributed by atoms with Crippen molar-refractivity contribution < 1.29 is 9.13 Å². The Bertz CT molecular complexity index is 341. The zero-order valence-corrected chi connectivity index (χ0v) is 10.2. The van der Waals surface area contributed by atoms with Crippen LogP contribution in [-0.2, 0) is 4.74 Å². The Labute approximate surface area is 96.6 Å². The number of rotatable bonds is 5. The van der Waals surface area contributed by atoms with Gasteiger partial charge in [-0.1, -0.05) is 24.6 Å². The molecule has 2 atom stereocenters. The van der Waals surface area contributed by atoms with E-state index in [1.807, 2.05) is 19.9 Å². The third-order valence-corrected chi connectivity index (χ3v) is 2.90. The first-order valence-corrected chi connectivity index (χ1v) is 5.56. The largest absolute Gasteiger partial charge is 0.385 e. The summed E-state index contributed by atoms with van der Waals surface area (Å²) in [6.45, 7) is 4.61. The molecular weight excluding hydrogens is 205 g/mol. The van der Waals surface area contributed by atoms with E-state index in [-0.39, 0.29) is 17.8 Å². The molecule has 3 heteroatoms. The first-order chi connectivity index (χ1) is 7.56. The Morgan fingerprint density at radius 2 is 2.12 bits per heavy atom. The molecule has 90 valence electrons. The van der Waals surface area contributed by atoms with Crippen molar-refractivity contribution in [3.63, 3.8) is 0 Å². The minimum atomic E-state index is -0.268. The van der Waals surface area contributed by atoms with E-state index in [1.54, 1.807) is 13.2 Å². The van der Waals surface area contributed by atoms with E-state index in [0.29, 0.717) is 12.2 Å². The van der Waals surface area contributed by atoms with E-state index in [0.717, 1.165) is 12.0 Å². The summed E-state index contributed by atoms with van der Waals surface area (Å²) in [5.74, 6) is -0.0152. The maximum absolute atomic E-state index is 13.6. The van der Waals surface area contributed by atoms with E-state index >= 15 is 0 Å². The number of aryl methyl sites for hydroxylation is 1. The molecule has 2 N–H and O–H groups in total. The molecule has 0 aliphatic carbocycles. The van der Waals surface area contributed by atoms with Crippen LogP contribution in [0.1, 0.15) is 30.5 Å². The fraction of sp³-hybridized carbons (Fsp3) is 0.538. The first-order valence-electron chi connectivity index (χ1n) is 5.56. The van der Waals surface area contributed by atoms with Crippen molar-refractivity contribution in [2.24, 2.45) is 11.7 Å². The van der Waals surface area contributed by atoms with Crippen LogP contribution in [0.5, 0.6) is 0 Å². The van der Waals surface area contributed by atoms with Gasteiger partial charge in [-0.2, -0.15) is 0 Å². The molecule has 0 aliphatic heterocycles. The van der Waals surface area contributed by atoms with Crippen LogP contribution < -0.4 is 5.73 Å². The molecule has 1 aromatic rings. The van der Waals surface area contributed by atoms with Crippen molar-refractivity contribution in [2.75, 3.05) is 13.7 Å². The van der Waals surface area contributed by atoms with Gasteiger partial charge in [0.1, 0.15) is 5.82 Å². The summed E-state index contributed by atoms with van der Waals surface area (Å²) in [6, 6.07) is 4.79. The minimum absolute atomic E-state index is 0.205. The summed E-state index contributed by atoms with van der Waals surface area (Å²) in [5.41, 5.74) is 7.69. The first kappa shape index (κ1) is 13.1. The van der Waals surface area contributed by atoms with Crippen molar-refractivity contribution in [2.45, 2.75) is 26.3 Å². The average Bonchev–Trinajstić information content (AvgIpc) is 2.28. The monoisotopic (exact) mass is 225 g/mol. The van der Waals surface area contributed by atoms with Gasteiger partial charge in [-0.15, -0.1) is 0 Å². The Hall–Kier alpha value is -0.930. The molecule has 0 saturated carbocycles. The summed E-state index contributed by atoms with van der Waals surface area (Å²) in [5, 5.41) is 0. The van der Waals surface area contributed by atoms with E-state index in [9.17, 15) is 4.39 Å². The fourth-order valence-electron chi connectivity index (χ4n) is 1.71. The van der Waals surface area contributed by atoms with E-state index in [4.69, 9.17) is 10.5 Å². The third kappa shape index (κ3) is 3.29. The molecule has 2 nitrogen and oxygen atoms in total. The Kier molecular flexibility index (Phi) is 4.90. The predicted molar refractivity (Wildman–Crippen MR) is 63.7 cm³/mol. The van der Waals surface area contributed by atoms with Gasteiger partial charge in [-0.05, 0) is 25.3 Å². The highest BCUT2D eigenvalue weighted by atomic mass is 19.1. The lowest BCUT2D eigenvalue weighted by Gasteiger charge is -2.20. The van der Waals surface area contributed by atoms with Crippen molar-refractivity contribution in [3.8, 4) is 0 Å². The molecular formula is C13H20FNO. The number of halogens is 1. The maximum Gasteiger partial charge on any atom is 0.127 e. The van der Waals surface area contributed by atoms with Gasteiger partial charge in [0.2, 0.25) is 0 Å². The molecule has 1 aromatic carbocycles. The number of methoxy groups -OCH3 is 1. The van der Waals surface area contributed by atoms with E-state index in [1.165, 1.54) is 6.07 Å². The fourth-order valence-corrected chi connectivity index (χ4v) is 1.71. The van der Waals surface area contributed by atoms with Gasteiger partial charge in [-0.25, -0.2) is 4.39 Å². The smallest absolute Gasteiger partial charge is 0.127 e. The van der Waals surface area contributed by atoms with Gasteiger partial charge in [0.25, 0.3) is 0 Å². The number of hydrogen-bond acceptors (Lipinski definition) is 2. The lowest BCUT2D eigenvalue weighted by atomic mass is 9.92. The van der Waals surface area contributed by atoms with Crippen LogP contribution in [0.4, 0.5) is 4.39 Å². The minimum Gasteiger partial charge on any atom is -0.385 e. The molecule has 0 aromatic heterocycles. The van der Waals surface area contributed by atoms with Crippen LogP contribution >= 0.6 is 0 Å². The number of nitrogens with two attached hydrogens (primary N) is 1. The van der Waals surface area contributed by atoms with Crippen LogP contribution in [0, 0.1) is 18.7 Å². The molecule has 0 amide bonds. The zero-order valence-electron chi connectivity index (χ0n) is 10.2. The summed E-state index contributed by atoms with van der Waals surface area (Å²) >= 11 is 0. The summed E-state index contributed by atoms with van der Waals surface area (Å²) in [6.07, 6.45) is 0.838. The molecule has 0 fully saturated rings. The normalized spacial score (nSPS) is 14.8. The molecule has 16 heavy (non-hydrogen) atoms. The van der Waals surface area contributed by atoms with Crippen LogP contribution in [0.25, 0.3) is 0 Å². The average molecular weight is 225 g/mol. The highest BCUT2D eigenvalue weighted by Gasteiger charge is 2.18. The summed E-state index contributed by atoms with van der Waals surface area (Å²) in [7, 11) is 1.66. The Morgan fingerprint density at radius 1 is 1.44 bits per heavy atom. The zero-order chi connectivity index (χ0) is 12.1. The molecule has 0 heterocycles. The predicted octanol–water partition coefficient (Wildman–Crippen LogP) is 2.81. The van der Waals surface area contributed by atoms with Gasteiger partial charge >= 0.3 is 0 Å². The highest BCUT2D eigenvalue weighted by Crippen LogP contribution is 2.25. The number of hydrogen-bond donors (Lipinski definition) is 1. The van der Waals surface area contributed by atoms with Gasteiger partial charge in [-0.3, -0.25) is 0 Å². The number of benzene rings is 1. The third-order valence-electron chi connectivity index (χ3n) is 2.90. The van der Waals surface area contributed by atoms with Gasteiger partial charge in [0.15, 0.2) is 0 Å². The topological polar surface area (TPSA) is 35.2 Å². The Balaban J connectivity index is 2.78. The lowest BCUT2D eigenvalue weighted by molar-refractivity contribution is 0.174. The van der Waals surface area contributed by atoms with Crippen LogP contribution in [0.15, 0.2) is 18.2 Å². The van der Waals surface area contributed by atoms with Gasteiger partial charge in [0, 0.05) is 25.3 Å². The second kappa shape index (κ2) is 5.97. The van der Waals surface area contributed by atoms with E-state index < -0.39 is 0 Å². The van der Waals surface area contributed by atoms with E-state index in [2.05, 4.69) is 0 Å². The van der Waals surface area contributed by atoms with Crippen molar-refractivity contribution >= 4 is 0 Å². The maximum atomic E-state index is 13.6. The standard InChI is InChI=1S/C13H20FNO/c1-9-4-5-12(14)11(8-9)13(15)10(2)6-7-16-3/h4-5,8,10,13H,6-7,15H2,1-3H3. The number of ether oxygens (including phenoxy) is 1. The van der Waals surface area contributed by atoms with Crippen molar-refractivity contribution in [1.29, 1.82) is 0 Å². The van der Waals surface area contributed by atoms with Gasteiger partial charge in [0.05, 0.1) is 0 Å². The summed E-state index contributed by atoms with van der Waals surface area (Å²) < 4.78 is 18.6. The molecule has 0 saturated heterocycles. The molecule has 2 unspecified atom stereocenters. The van der Waals surface area contributed by atoms with Crippen LogP contribution in [-0.4, -0.2) is 13.7 Å². The molecule has 0 bridgehead atoms. The van der Waals surface area contributed by atoms with Crippen LogP contribution in [0.3, 0.4) is 0 Å².